The highest BCUT2D eigenvalue weighted by atomic mass is 35.5. The van der Waals surface area contributed by atoms with Crippen molar-refractivity contribution in [2.75, 3.05) is 13.1 Å². The van der Waals surface area contributed by atoms with Crippen LogP contribution in [-0.2, 0) is 4.79 Å². The molecule has 2 unspecified atom stereocenters. The minimum Gasteiger partial charge on any atom is -0.479 e. The second-order valence-corrected chi connectivity index (χ2v) is 5.30. The summed E-state index contributed by atoms with van der Waals surface area (Å²) in [5.41, 5.74) is 1.05. The van der Waals surface area contributed by atoms with Crippen molar-refractivity contribution >= 4 is 17.5 Å². The first-order valence-electron chi connectivity index (χ1n) is 6.50. The highest BCUT2D eigenvalue weighted by Gasteiger charge is 2.21. The molecule has 0 aliphatic carbocycles. The van der Waals surface area contributed by atoms with E-state index in [-0.39, 0.29) is 11.9 Å². The lowest BCUT2D eigenvalue weighted by Gasteiger charge is -2.18. The quantitative estimate of drug-likeness (QED) is 0.887. The van der Waals surface area contributed by atoms with Crippen molar-refractivity contribution < 1.29 is 9.53 Å². The Kier molecular flexibility index (Phi) is 4.66. The van der Waals surface area contributed by atoms with E-state index in [1.54, 1.807) is 13.0 Å². The summed E-state index contributed by atoms with van der Waals surface area (Å²) >= 11 is 6.05. The monoisotopic (exact) mass is 282 g/mol. The van der Waals surface area contributed by atoms with E-state index < -0.39 is 6.10 Å². The van der Waals surface area contributed by atoms with E-state index in [0.29, 0.717) is 10.8 Å². The maximum atomic E-state index is 12.0. The molecule has 1 aromatic carbocycles. The molecule has 0 bridgehead atoms. The molecule has 2 atom stereocenters. The predicted octanol–water partition coefficient (Wildman–Crippen LogP) is 1.89. The Hall–Kier alpha value is -1.26. The molecule has 104 valence electrons. The number of carbonyl (C=O) groups is 1. The number of ether oxygens (including phenoxy) is 1. The standard InChI is InChI=1S/C14H19ClN2O2/c1-9-3-4-12(15)13(7-9)19-10(2)14(18)17-11-5-6-16-8-11/h3-4,7,10-11,16H,5-6,8H2,1-2H3,(H,17,18). The fraction of sp³-hybridized carbons (Fsp3) is 0.500. The molecular weight excluding hydrogens is 264 g/mol. The summed E-state index contributed by atoms with van der Waals surface area (Å²) in [5.74, 6) is 0.445. The van der Waals surface area contributed by atoms with Crippen molar-refractivity contribution in [1.29, 1.82) is 0 Å². The van der Waals surface area contributed by atoms with E-state index >= 15 is 0 Å². The van der Waals surface area contributed by atoms with Gasteiger partial charge in [-0.25, -0.2) is 0 Å². The number of carbonyl (C=O) groups excluding carboxylic acids is 1. The molecule has 1 amide bonds. The van der Waals surface area contributed by atoms with Gasteiger partial charge in [0.25, 0.3) is 5.91 Å². The lowest BCUT2D eigenvalue weighted by molar-refractivity contribution is -0.127. The summed E-state index contributed by atoms with van der Waals surface area (Å²) in [6.45, 7) is 5.46. The Balaban J connectivity index is 1.93. The molecule has 1 aliphatic heterocycles. The summed E-state index contributed by atoms with van der Waals surface area (Å²) in [5, 5.41) is 6.69. The lowest BCUT2D eigenvalue weighted by atomic mass is 10.2. The molecule has 1 fully saturated rings. The second-order valence-electron chi connectivity index (χ2n) is 4.89. The molecule has 1 heterocycles. The Morgan fingerprint density at radius 3 is 3.05 bits per heavy atom. The first-order chi connectivity index (χ1) is 9.06. The molecule has 0 radical (unpaired) electrons. The first-order valence-corrected chi connectivity index (χ1v) is 6.88. The van der Waals surface area contributed by atoms with Crippen LogP contribution in [0.4, 0.5) is 0 Å². The average Bonchev–Trinajstić information content (AvgIpc) is 2.86. The fourth-order valence-corrected chi connectivity index (χ4v) is 2.20. The van der Waals surface area contributed by atoms with Crippen molar-refractivity contribution in [3.05, 3.63) is 28.8 Å². The number of halogens is 1. The molecule has 4 nitrogen and oxygen atoms in total. The van der Waals surface area contributed by atoms with Crippen LogP contribution in [0.5, 0.6) is 5.75 Å². The van der Waals surface area contributed by atoms with Gasteiger partial charge in [0.1, 0.15) is 5.75 Å². The SMILES string of the molecule is Cc1ccc(Cl)c(OC(C)C(=O)NC2CCNC2)c1. The summed E-state index contributed by atoms with van der Waals surface area (Å²) in [4.78, 5) is 12.0. The van der Waals surface area contributed by atoms with E-state index in [1.165, 1.54) is 0 Å². The lowest BCUT2D eigenvalue weighted by Crippen LogP contribution is -2.43. The summed E-state index contributed by atoms with van der Waals surface area (Å²) < 4.78 is 5.63. The maximum absolute atomic E-state index is 12.0. The molecule has 0 spiro atoms. The topological polar surface area (TPSA) is 50.4 Å². The number of amides is 1. The molecule has 19 heavy (non-hydrogen) atoms. The van der Waals surface area contributed by atoms with Crippen LogP contribution in [0.1, 0.15) is 18.9 Å². The van der Waals surface area contributed by atoms with Crippen molar-refractivity contribution in [1.82, 2.24) is 10.6 Å². The zero-order valence-electron chi connectivity index (χ0n) is 11.2. The van der Waals surface area contributed by atoms with Gasteiger partial charge in [0.05, 0.1) is 5.02 Å². The molecule has 1 aromatic rings. The fourth-order valence-electron chi connectivity index (χ4n) is 2.04. The van der Waals surface area contributed by atoms with Gasteiger partial charge in [0, 0.05) is 12.6 Å². The molecule has 1 saturated heterocycles. The van der Waals surface area contributed by atoms with Crippen LogP contribution in [-0.4, -0.2) is 31.1 Å². The van der Waals surface area contributed by atoms with Crippen LogP contribution in [0.25, 0.3) is 0 Å². The van der Waals surface area contributed by atoms with Crippen molar-refractivity contribution in [2.24, 2.45) is 0 Å². The van der Waals surface area contributed by atoms with Crippen LogP contribution in [0.15, 0.2) is 18.2 Å². The third kappa shape index (κ3) is 3.85. The number of rotatable bonds is 4. The van der Waals surface area contributed by atoms with E-state index in [4.69, 9.17) is 16.3 Å². The Morgan fingerprint density at radius 2 is 2.37 bits per heavy atom. The van der Waals surface area contributed by atoms with Gasteiger partial charge in [-0.15, -0.1) is 0 Å². The number of hydrogen-bond donors (Lipinski definition) is 2. The average molecular weight is 283 g/mol. The van der Waals surface area contributed by atoms with E-state index in [9.17, 15) is 4.79 Å². The third-order valence-corrected chi connectivity index (χ3v) is 3.48. The molecule has 2 N–H and O–H groups in total. The Labute approximate surface area is 118 Å². The van der Waals surface area contributed by atoms with Crippen LogP contribution in [0.2, 0.25) is 5.02 Å². The zero-order chi connectivity index (χ0) is 13.8. The smallest absolute Gasteiger partial charge is 0.261 e. The van der Waals surface area contributed by atoms with Crippen molar-refractivity contribution in [3.63, 3.8) is 0 Å². The highest BCUT2D eigenvalue weighted by Crippen LogP contribution is 2.26. The van der Waals surface area contributed by atoms with E-state index in [2.05, 4.69) is 10.6 Å². The maximum Gasteiger partial charge on any atom is 0.261 e. The van der Waals surface area contributed by atoms with Crippen LogP contribution in [0.3, 0.4) is 0 Å². The largest absolute Gasteiger partial charge is 0.479 e. The van der Waals surface area contributed by atoms with Crippen LogP contribution < -0.4 is 15.4 Å². The number of nitrogens with one attached hydrogen (secondary N) is 2. The second kappa shape index (κ2) is 6.26. The normalized spacial score (nSPS) is 20.1. The van der Waals surface area contributed by atoms with Crippen LogP contribution >= 0.6 is 11.6 Å². The van der Waals surface area contributed by atoms with Gasteiger partial charge in [-0.2, -0.15) is 0 Å². The molecular formula is C14H19ClN2O2. The summed E-state index contributed by atoms with van der Waals surface area (Å²) in [6.07, 6.45) is 0.406. The highest BCUT2D eigenvalue weighted by molar-refractivity contribution is 6.32. The van der Waals surface area contributed by atoms with E-state index in [1.807, 2.05) is 19.1 Å². The first kappa shape index (κ1) is 14.2. The minimum absolute atomic E-state index is 0.105. The van der Waals surface area contributed by atoms with Gasteiger partial charge in [-0.05, 0) is 44.5 Å². The third-order valence-electron chi connectivity index (χ3n) is 3.17. The number of hydrogen-bond acceptors (Lipinski definition) is 3. The molecule has 0 saturated carbocycles. The molecule has 2 rings (SSSR count). The molecule has 5 heteroatoms. The minimum atomic E-state index is -0.556. The number of benzene rings is 1. The predicted molar refractivity (Wildman–Crippen MR) is 75.7 cm³/mol. The molecule has 0 aromatic heterocycles. The summed E-state index contributed by atoms with van der Waals surface area (Å²) in [7, 11) is 0. The van der Waals surface area contributed by atoms with Gasteiger partial charge in [0.15, 0.2) is 6.10 Å². The van der Waals surface area contributed by atoms with Gasteiger partial charge < -0.3 is 15.4 Å². The van der Waals surface area contributed by atoms with Gasteiger partial charge in [-0.1, -0.05) is 17.7 Å². The van der Waals surface area contributed by atoms with Gasteiger partial charge in [0.2, 0.25) is 0 Å². The van der Waals surface area contributed by atoms with Crippen LogP contribution in [0, 0.1) is 6.92 Å². The van der Waals surface area contributed by atoms with Crippen molar-refractivity contribution in [2.45, 2.75) is 32.4 Å². The zero-order valence-corrected chi connectivity index (χ0v) is 12.0. The Bertz CT molecular complexity index is 459. The molecule has 1 aliphatic rings. The van der Waals surface area contributed by atoms with Crippen molar-refractivity contribution in [3.8, 4) is 5.75 Å². The van der Waals surface area contributed by atoms with Gasteiger partial charge in [-0.3, -0.25) is 4.79 Å². The van der Waals surface area contributed by atoms with E-state index in [0.717, 1.165) is 25.1 Å². The van der Waals surface area contributed by atoms with Gasteiger partial charge >= 0.3 is 0 Å². The summed E-state index contributed by atoms with van der Waals surface area (Å²) in [6, 6.07) is 5.72. The number of aryl methyl sites for hydroxylation is 1. The Morgan fingerprint density at radius 1 is 1.58 bits per heavy atom.